The van der Waals surface area contributed by atoms with Gasteiger partial charge in [-0.15, -0.1) is 0 Å². The van der Waals surface area contributed by atoms with Crippen LogP contribution in [0.4, 0.5) is 4.39 Å². The molecule has 1 heterocycles. The summed E-state index contributed by atoms with van der Waals surface area (Å²) < 4.78 is 46.8. The first-order chi connectivity index (χ1) is 13.8. The molecular formula is C20H28FN3O4S. The van der Waals surface area contributed by atoms with Crippen LogP contribution in [0.5, 0.6) is 5.75 Å². The smallest absolute Gasteiger partial charge is 0.245 e. The highest BCUT2D eigenvalue weighted by molar-refractivity contribution is 7.89. The van der Waals surface area contributed by atoms with Gasteiger partial charge in [0.2, 0.25) is 15.9 Å². The Morgan fingerprint density at radius 1 is 1.31 bits per heavy atom. The van der Waals surface area contributed by atoms with Gasteiger partial charge >= 0.3 is 0 Å². The first kappa shape index (κ1) is 21.7. The van der Waals surface area contributed by atoms with Crippen LogP contribution in [0.3, 0.4) is 0 Å². The lowest BCUT2D eigenvalue weighted by molar-refractivity contribution is -0.119. The summed E-state index contributed by atoms with van der Waals surface area (Å²) in [5.74, 6) is 0.165. The second-order valence-corrected chi connectivity index (χ2v) is 9.68. The topological polar surface area (TPSA) is 96.9 Å². The van der Waals surface area contributed by atoms with Gasteiger partial charge in [0.05, 0.1) is 18.8 Å². The Bertz CT molecular complexity index is 868. The van der Waals surface area contributed by atoms with Gasteiger partial charge in [0.25, 0.3) is 0 Å². The first-order valence-electron chi connectivity index (χ1n) is 10.1. The van der Waals surface area contributed by atoms with E-state index in [1.807, 2.05) is 0 Å². The fraction of sp³-hybridized carbons (Fsp3) is 0.600. The van der Waals surface area contributed by atoms with Crippen molar-refractivity contribution in [3.8, 4) is 5.75 Å². The Balaban J connectivity index is 1.42. The lowest BCUT2D eigenvalue weighted by Gasteiger charge is -2.16. The van der Waals surface area contributed by atoms with E-state index in [0.717, 1.165) is 31.4 Å². The van der Waals surface area contributed by atoms with Crippen LogP contribution >= 0.6 is 0 Å². The maximum Gasteiger partial charge on any atom is 0.245 e. The molecule has 7 nitrogen and oxygen atoms in total. The molecule has 160 valence electrons. The number of nitrogens with zero attached hydrogens (tertiary/aromatic N) is 1. The standard InChI is InChI=1S/C20H28FN3O4S/c1-14(16-8-9-18(21)19(11-16)28-13-15-6-7-15)24-29(26,27)10-4-2-3-5-17-12-20(25)23-22-17/h8-9,11,14-15,24H,2-7,10,12-13H2,1H3,(H,23,25). The third-order valence-corrected chi connectivity index (χ3v) is 6.60. The zero-order valence-corrected chi connectivity index (χ0v) is 17.4. The Kier molecular flexibility index (Phi) is 7.23. The van der Waals surface area contributed by atoms with Gasteiger partial charge in [0, 0.05) is 11.8 Å². The summed E-state index contributed by atoms with van der Waals surface area (Å²) in [4.78, 5) is 11.1. The maximum absolute atomic E-state index is 13.9. The van der Waals surface area contributed by atoms with E-state index in [4.69, 9.17) is 4.74 Å². The van der Waals surface area contributed by atoms with Gasteiger partial charge in [-0.25, -0.2) is 23.0 Å². The average Bonchev–Trinajstić information content (AvgIpc) is 3.40. The normalized spacial score (nSPS) is 17.7. The molecule has 1 saturated carbocycles. The molecule has 0 aromatic heterocycles. The van der Waals surface area contributed by atoms with Crippen LogP contribution in [0.2, 0.25) is 0 Å². The van der Waals surface area contributed by atoms with Crippen LogP contribution in [0.1, 0.15) is 63.5 Å². The van der Waals surface area contributed by atoms with E-state index in [9.17, 15) is 17.6 Å². The number of rotatable bonds is 12. The van der Waals surface area contributed by atoms with Gasteiger partial charge < -0.3 is 4.74 Å². The quantitative estimate of drug-likeness (QED) is 0.503. The second kappa shape index (κ2) is 9.67. The highest BCUT2D eigenvalue weighted by Gasteiger charge is 2.23. The van der Waals surface area contributed by atoms with Crippen molar-refractivity contribution in [2.24, 2.45) is 11.0 Å². The average molecular weight is 426 g/mol. The van der Waals surface area contributed by atoms with Crippen molar-refractivity contribution in [1.29, 1.82) is 0 Å². The Morgan fingerprint density at radius 3 is 2.79 bits per heavy atom. The van der Waals surface area contributed by atoms with Crippen LogP contribution in [0, 0.1) is 11.7 Å². The van der Waals surface area contributed by atoms with Crippen molar-refractivity contribution in [1.82, 2.24) is 10.1 Å². The largest absolute Gasteiger partial charge is 0.490 e. The summed E-state index contributed by atoms with van der Waals surface area (Å²) in [7, 11) is -3.46. The molecule has 0 spiro atoms. The van der Waals surface area contributed by atoms with E-state index in [2.05, 4.69) is 15.2 Å². The minimum atomic E-state index is -3.46. The number of hydrogen-bond acceptors (Lipinski definition) is 5. The molecule has 1 aromatic rings. The molecule has 0 radical (unpaired) electrons. The molecule has 1 aliphatic heterocycles. The molecule has 1 aromatic carbocycles. The molecule has 2 N–H and O–H groups in total. The van der Waals surface area contributed by atoms with E-state index < -0.39 is 21.9 Å². The van der Waals surface area contributed by atoms with Gasteiger partial charge in [-0.05, 0) is 62.6 Å². The number of hydrazone groups is 1. The number of carbonyl (C=O) groups is 1. The Labute approximate surface area is 171 Å². The van der Waals surface area contributed by atoms with Crippen LogP contribution in [0.15, 0.2) is 23.3 Å². The number of ether oxygens (including phenoxy) is 1. The highest BCUT2D eigenvalue weighted by Crippen LogP contribution is 2.31. The molecule has 1 amide bonds. The predicted molar refractivity (Wildman–Crippen MR) is 109 cm³/mol. The molecule has 1 atom stereocenters. The van der Waals surface area contributed by atoms with Gasteiger partial charge in [-0.3, -0.25) is 4.79 Å². The van der Waals surface area contributed by atoms with Crippen molar-refractivity contribution in [3.05, 3.63) is 29.6 Å². The predicted octanol–water partition coefficient (Wildman–Crippen LogP) is 3.03. The van der Waals surface area contributed by atoms with Crippen LogP contribution in [-0.4, -0.2) is 32.4 Å². The first-order valence-corrected chi connectivity index (χ1v) is 11.7. The number of nitrogens with one attached hydrogen (secondary N) is 2. The van der Waals surface area contributed by atoms with Crippen LogP contribution in [-0.2, 0) is 14.8 Å². The van der Waals surface area contributed by atoms with Crippen molar-refractivity contribution >= 4 is 21.6 Å². The number of unbranched alkanes of at least 4 members (excludes halogenated alkanes) is 2. The molecule has 1 fully saturated rings. The van der Waals surface area contributed by atoms with Crippen LogP contribution in [0.25, 0.3) is 0 Å². The fourth-order valence-corrected chi connectivity index (χ4v) is 4.51. The molecule has 0 saturated heterocycles. The van der Waals surface area contributed by atoms with Gasteiger partial charge in [0.1, 0.15) is 0 Å². The zero-order chi connectivity index (χ0) is 20.9. The molecule has 2 aliphatic rings. The van der Waals surface area contributed by atoms with Crippen molar-refractivity contribution in [2.45, 2.75) is 57.9 Å². The number of amides is 1. The summed E-state index contributed by atoms with van der Waals surface area (Å²) in [5, 5.41) is 3.93. The minimum Gasteiger partial charge on any atom is -0.490 e. The third-order valence-electron chi connectivity index (χ3n) is 5.06. The molecule has 1 aliphatic carbocycles. The number of carbonyl (C=O) groups excluding carboxylic acids is 1. The van der Waals surface area contributed by atoms with Crippen LogP contribution < -0.4 is 14.9 Å². The molecule has 1 unspecified atom stereocenters. The molecule has 29 heavy (non-hydrogen) atoms. The van der Waals surface area contributed by atoms with E-state index in [1.54, 1.807) is 19.1 Å². The fourth-order valence-electron chi connectivity index (χ4n) is 3.14. The second-order valence-electron chi connectivity index (χ2n) is 7.80. The Hall–Kier alpha value is -2.00. The van der Waals surface area contributed by atoms with E-state index in [0.29, 0.717) is 37.4 Å². The monoisotopic (exact) mass is 425 g/mol. The van der Waals surface area contributed by atoms with Crippen molar-refractivity contribution < 1.29 is 22.3 Å². The van der Waals surface area contributed by atoms with E-state index in [1.165, 1.54) is 6.07 Å². The molecule has 0 bridgehead atoms. The zero-order valence-electron chi connectivity index (χ0n) is 16.6. The summed E-state index contributed by atoms with van der Waals surface area (Å²) in [6, 6.07) is 3.98. The maximum atomic E-state index is 13.9. The van der Waals surface area contributed by atoms with E-state index in [-0.39, 0.29) is 17.4 Å². The number of sulfonamides is 1. The lowest BCUT2D eigenvalue weighted by Crippen LogP contribution is -2.29. The SMILES string of the molecule is CC(NS(=O)(=O)CCCCCC1=NNC(=O)C1)c1ccc(F)c(OCC2CC2)c1. The van der Waals surface area contributed by atoms with Crippen molar-refractivity contribution in [2.75, 3.05) is 12.4 Å². The number of benzene rings is 1. The van der Waals surface area contributed by atoms with Gasteiger partial charge in [-0.1, -0.05) is 12.5 Å². The highest BCUT2D eigenvalue weighted by atomic mass is 32.2. The number of hydrogen-bond donors (Lipinski definition) is 2. The summed E-state index contributed by atoms with van der Waals surface area (Å²) in [6.45, 7) is 2.23. The third kappa shape index (κ3) is 7.08. The summed E-state index contributed by atoms with van der Waals surface area (Å²) in [6.07, 6.45) is 5.30. The van der Waals surface area contributed by atoms with Gasteiger partial charge in [-0.2, -0.15) is 5.10 Å². The van der Waals surface area contributed by atoms with Crippen molar-refractivity contribution in [3.63, 3.8) is 0 Å². The summed E-state index contributed by atoms with van der Waals surface area (Å²) in [5.41, 5.74) is 3.89. The molecule has 9 heteroatoms. The molecular weight excluding hydrogens is 397 g/mol. The number of halogens is 1. The van der Waals surface area contributed by atoms with E-state index >= 15 is 0 Å². The Morgan fingerprint density at radius 2 is 2.10 bits per heavy atom. The van der Waals surface area contributed by atoms with Gasteiger partial charge in [0.15, 0.2) is 11.6 Å². The minimum absolute atomic E-state index is 0.0211. The molecule has 3 rings (SSSR count). The summed E-state index contributed by atoms with van der Waals surface area (Å²) >= 11 is 0. The lowest BCUT2D eigenvalue weighted by atomic mass is 10.1.